The van der Waals surface area contributed by atoms with Crippen molar-refractivity contribution in [3.63, 3.8) is 0 Å². The number of allylic oxidation sites excluding steroid dienone is 1. The van der Waals surface area contributed by atoms with E-state index >= 15 is 0 Å². The standard InChI is InChI=1S/C19H19N3O3/c1-24-17-9-14(10-18(25-2)19(17)22-13-23)8-15(11-20)12-21-16-6-4-3-5-7-16/h3-7,9-10,12-13,21H,8H2,1-2H3,(H,22,23). The summed E-state index contributed by atoms with van der Waals surface area (Å²) >= 11 is 0. The monoisotopic (exact) mass is 337 g/mol. The molecule has 0 aromatic heterocycles. The van der Waals surface area contributed by atoms with Crippen molar-refractivity contribution >= 4 is 17.8 Å². The fraction of sp³-hybridized carbons (Fsp3) is 0.158. The van der Waals surface area contributed by atoms with E-state index in [4.69, 9.17) is 9.47 Å². The smallest absolute Gasteiger partial charge is 0.211 e. The van der Waals surface area contributed by atoms with Gasteiger partial charge in [0.1, 0.15) is 17.2 Å². The number of anilines is 2. The maximum atomic E-state index is 10.8. The number of hydrogen-bond acceptors (Lipinski definition) is 5. The van der Waals surface area contributed by atoms with Crippen LogP contribution in [0, 0.1) is 11.3 Å². The van der Waals surface area contributed by atoms with E-state index in [9.17, 15) is 10.1 Å². The van der Waals surface area contributed by atoms with Gasteiger partial charge in [0.05, 0.1) is 20.3 Å². The van der Waals surface area contributed by atoms with Crippen LogP contribution in [0.4, 0.5) is 11.4 Å². The molecule has 0 aliphatic carbocycles. The molecule has 0 unspecified atom stereocenters. The molecule has 25 heavy (non-hydrogen) atoms. The number of carbonyl (C=O) groups excluding carboxylic acids is 1. The fourth-order valence-electron chi connectivity index (χ4n) is 2.32. The molecule has 0 atom stereocenters. The summed E-state index contributed by atoms with van der Waals surface area (Å²) in [6.45, 7) is 0. The SMILES string of the molecule is COc1cc(CC(C#N)=CNc2ccccc2)cc(OC)c1NC=O. The first-order valence-electron chi connectivity index (χ1n) is 7.57. The van der Waals surface area contributed by atoms with Gasteiger partial charge in [-0.1, -0.05) is 18.2 Å². The number of methoxy groups -OCH3 is 2. The van der Waals surface area contributed by atoms with Gasteiger partial charge in [-0.15, -0.1) is 0 Å². The molecule has 0 bridgehead atoms. The summed E-state index contributed by atoms with van der Waals surface area (Å²) in [6, 6.07) is 15.3. The molecule has 0 radical (unpaired) electrons. The second-order valence-electron chi connectivity index (χ2n) is 5.11. The van der Waals surface area contributed by atoms with Crippen LogP contribution < -0.4 is 20.1 Å². The third-order valence-electron chi connectivity index (χ3n) is 3.49. The van der Waals surface area contributed by atoms with Crippen molar-refractivity contribution in [1.82, 2.24) is 0 Å². The van der Waals surface area contributed by atoms with E-state index in [1.807, 2.05) is 30.3 Å². The fourth-order valence-corrected chi connectivity index (χ4v) is 2.32. The molecular weight excluding hydrogens is 318 g/mol. The number of hydrogen-bond donors (Lipinski definition) is 2. The van der Waals surface area contributed by atoms with Crippen LogP contribution in [0.15, 0.2) is 54.2 Å². The minimum atomic E-state index is 0.393. The van der Waals surface area contributed by atoms with Gasteiger partial charge >= 0.3 is 0 Å². The molecule has 2 aromatic rings. The molecule has 0 spiro atoms. The summed E-state index contributed by atoms with van der Waals surface area (Å²) in [5.74, 6) is 0.935. The number of rotatable bonds is 8. The lowest BCUT2D eigenvalue weighted by Gasteiger charge is -2.14. The van der Waals surface area contributed by atoms with Gasteiger partial charge in [0.25, 0.3) is 0 Å². The Labute approximate surface area is 146 Å². The topological polar surface area (TPSA) is 83.4 Å². The Bertz CT molecular complexity index is 770. The second kappa shape index (κ2) is 8.99. The molecule has 0 aliphatic rings. The highest BCUT2D eigenvalue weighted by Crippen LogP contribution is 2.36. The molecule has 0 fully saturated rings. The van der Waals surface area contributed by atoms with Gasteiger partial charge < -0.3 is 20.1 Å². The number of nitriles is 1. The first kappa shape index (κ1) is 17.9. The largest absolute Gasteiger partial charge is 0.494 e. The minimum absolute atomic E-state index is 0.393. The van der Waals surface area contributed by atoms with Crippen molar-refractivity contribution in [2.24, 2.45) is 0 Å². The van der Waals surface area contributed by atoms with Gasteiger partial charge in [-0.25, -0.2) is 0 Å². The first-order valence-corrected chi connectivity index (χ1v) is 7.57. The number of nitrogens with zero attached hydrogens (tertiary/aromatic N) is 1. The molecule has 0 saturated carbocycles. The summed E-state index contributed by atoms with van der Waals surface area (Å²) < 4.78 is 10.6. The number of ether oxygens (including phenoxy) is 2. The maximum Gasteiger partial charge on any atom is 0.211 e. The van der Waals surface area contributed by atoms with Gasteiger partial charge in [0.15, 0.2) is 0 Å². The van der Waals surface area contributed by atoms with Crippen LogP contribution >= 0.6 is 0 Å². The number of amides is 1. The van der Waals surface area contributed by atoms with E-state index in [1.165, 1.54) is 14.2 Å². The Balaban J connectivity index is 2.25. The van der Waals surface area contributed by atoms with E-state index in [0.29, 0.717) is 35.6 Å². The number of para-hydroxylation sites is 1. The van der Waals surface area contributed by atoms with Gasteiger partial charge in [0, 0.05) is 23.9 Å². The van der Waals surface area contributed by atoms with E-state index in [-0.39, 0.29) is 0 Å². The molecule has 2 N–H and O–H groups in total. The highest BCUT2D eigenvalue weighted by atomic mass is 16.5. The third-order valence-corrected chi connectivity index (χ3v) is 3.49. The first-order chi connectivity index (χ1) is 12.2. The number of nitrogens with one attached hydrogen (secondary N) is 2. The van der Waals surface area contributed by atoms with Crippen molar-refractivity contribution < 1.29 is 14.3 Å². The molecule has 6 nitrogen and oxygen atoms in total. The van der Waals surface area contributed by atoms with Gasteiger partial charge in [-0.05, 0) is 29.8 Å². The molecular formula is C19H19N3O3. The van der Waals surface area contributed by atoms with Crippen LogP contribution in [-0.4, -0.2) is 20.6 Å². The van der Waals surface area contributed by atoms with Gasteiger partial charge in [-0.3, -0.25) is 4.79 Å². The predicted octanol–water partition coefficient (Wildman–Crippen LogP) is 3.33. The minimum Gasteiger partial charge on any atom is -0.494 e. The molecule has 6 heteroatoms. The van der Waals surface area contributed by atoms with Crippen LogP contribution in [-0.2, 0) is 11.2 Å². The van der Waals surface area contributed by atoms with E-state index in [1.54, 1.807) is 18.3 Å². The average molecular weight is 337 g/mol. The van der Waals surface area contributed by atoms with Crippen LogP contribution in [0.3, 0.4) is 0 Å². The summed E-state index contributed by atoms with van der Waals surface area (Å²) in [5, 5.41) is 15.0. The maximum absolute atomic E-state index is 10.8. The van der Waals surface area contributed by atoms with Crippen LogP contribution in [0.5, 0.6) is 11.5 Å². The van der Waals surface area contributed by atoms with Crippen molar-refractivity contribution in [3.8, 4) is 17.6 Å². The zero-order valence-electron chi connectivity index (χ0n) is 14.1. The summed E-state index contributed by atoms with van der Waals surface area (Å²) in [5.41, 5.74) is 2.72. The van der Waals surface area contributed by atoms with E-state index < -0.39 is 0 Å². The van der Waals surface area contributed by atoms with Crippen molar-refractivity contribution in [1.29, 1.82) is 5.26 Å². The number of carbonyl (C=O) groups is 1. The normalized spacial score (nSPS) is 10.5. The lowest BCUT2D eigenvalue weighted by atomic mass is 10.0. The third kappa shape index (κ3) is 4.75. The van der Waals surface area contributed by atoms with Crippen LogP contribution in [0.2, 0.25) is 0 Å². The van der Waals surface area contributed by atoms with Crippen LogP contribution in [0.25, 0.3) is 0 Å². The molecule has 2 aromatic carbocycles. The lowest BCUT2D eigenvalue weighted by molar-refractivity contribution is -0.105. The van der Waals surface area contributed by atoms with Gasteiger partial charge in [0.2, 0.25) is 6.41 Å². The van der Waals surface area contributed by atoms with E-state index in [2.05, 4.69) is 16.7 Å². The van der Waals surface area contributed by atoms with Crippen LogP contribution in [0.1, 0.15) is 5.56 Å². The molecule has 0 saturated heterocycles. The molecule has 0 heterocycles. The molecule has 0 aliphatic heterocycles. The summed E-state index contributed by atoms with van der Waals surface area (Å²) in [7, 11) is 3.01. The molecule has 2 rings (SSSR count). The quantitative estimate of drug-likeness (QED) is 0.570. The Morgan fingerprint density at radius 2 is 1.76 bits per heavy atom. The highest BCUT2D eigenvalue weighted by Gasteiger charge is 2.13. The summed E-state index contributed by atoms with van der Waals surface area (Å²) in [6.07, 6.45) is 2.63. The lowest BCUT2D eigenvalue weighted by Crippen LogP contribution is -2.02. The summed E-state index contributed by atoms with van der Waals surface area (Å²) in [4.78, 5) is 10.8. The second-order valence-corrected chi connectivity index (χ2v) is 5.11. The van der Waals surface area contributed by atoms with Crippen molar-refractivity contribution in [2.75, 3.05) is 24.9 Å². The van der Waals surface area contributed by atoms with Crippen molar-refractivity contribution in [3.05, 3.63) is 59.8 Å². The van der Waals surface area contributed by atoms with Crippen molar-refractivity contribution in [2.45, 2.75) is 6.42 Å². The molecule has 128 valence electrons. The Hall–Kier alpha value is -3.46. The average Bonchev–Trinajstić information content (AvgIpc) is 2.66. The Morgan fingerprint density at radius 1 is 1.12 bits per heavy atom. The Morgan fingerprint density at radius 3 is 2.28 bits per heavy atom. The van der Waals surface area contributed by atoms with Gasteiger partial charge in [-0.2, -0.15) is 5.26 Å². The van der Waals surface area contributed by atoms with E-state index in [0.717, 1.165) is 11.3 Å². The Kier molecular flexibility index (Phi) is 6.43. The zero-order valence-corrected chi connectivity index (χ0v) is 14.1. The number of benzene rings is 2. The molecule has 1 amide bonds. The predicted molar refractivity (Wildman–Crippen MR) is 96.7 cm³/mol. The highest BCUT2D eigenvalue weighted by molar-refractivity contribution is 5.80. The zero-order chi connectivity index (χ0) is 18.1.